The Labute approximate surface area is 186 Å². The molecule has 3 heterocycles. The molecule has 8 heteroatoms. The summed E-state index contributed by atoms with van der Waals surface area (Å²) in [6.45, 7) is 8.78. The molecule has 0 unspecified atom stereocenters. The van der Waals surface area contributed by atoms with Crippen molar-refractivity contribution in [1.29, 1.82) is 0 Å². The van der Waals surface area contributed by atoms with Gasteiger partial charge in [-0.05, 0) is 37.5 Å². The summed E-state index contributed by atoms with van der Waals surface area (Å²) in [4.78, 5) is 30.3. The molecule has 2 aliphatic heterocycles. The quantitative estimate of drug-likeness (QED) is 0.703. The fourth-order valence-electron chi connectivity index (χ4n) is 4.34. The van der Waals surface area contributed by atoms with Crippen LogP contribution in [0, 0.1) is 5.92 Å². The highest BCUT2D eigenvalue weighted by Crippen LogP contribution is 2.30. The van der Waals surface area contributed by atoms with Crippen molar-refractivity contribution in [3.63, 3.8) is 0 Å². The minimum Gasteiger partial charge on any atom is -0.337 e. The van der Waals surface area contributed by atoms with E-state index in [1.807, 2.05) is 16.5 Å². The van der Waals surface area contributed by atoms with Gasteiger partial charge in [0.05, 0.1) is 22.3 Å². The van der Waals surface area contributed by atoms with E-state index >= 15 is 0 Å². The number of fused-ring (bicyclic) bond motifs is 3. The Bertz CT molecular complexity index is 1000. The van der Waals surface area contributed by atoms with Crippen LogP contribution in [0.25, 0.3) is 0 Å². The van der Waals surface area contributed by atoms with Gasteiger partial charge in [-0.2, -0.15) is 5.10 Å². The zero-order chi connectivity index (χ0) is 21.6. The van der Waals surface area contributed by atoms with E-state index in [0.29, 0.717) is 40.2 Å². The van der Waals surface area contributed by atoms with Crippen LogP contribution < -0.4 is 0 Å². The SMILES string of the molecule is CC(C)CN1CCCn2nc3c(c2C1=O)CN(C(=O)c1ccc(Cl)c(Cl)c1)[C@H](C)C3. The minimum atomic E-state index is -0.119. The number of halogens is 2. The fourth-order valence-corrected chi connectivity index (χ4v) is 4.64. The molecular formula is C22H26Cl2N4O2. The largest absolute Gasteiger partial charge is 0.337 e. The summed E-state index contributed by atoms with van der Waals surface area (Å²) in [7, 11) is 0. The molecule has 0 radical (unpaired) electrons. The van der Waals surface area contributed by atoms with E-state index in [1.54, 1.807) is 23.1 Å². The average Bonchev–Trinajstić information content (AvgIpc) is 2.96. The maximum Gasteiger partial charge on any atom is 0.272 e. The first kappa shape index (κ1) is 21.2. The Morgan fingerprint density at radius 3 is 2.70 bits per heavy atom. The van der Waals surface area contributed by atoms with E-state index in [-0.39, 0.29) is 17.9 Å². The average molecular weight is 449 g/mol. The molecule has 0 aliphatic carbocycles. The predicted molar refractivity (Wildman–Crippen MR) is 117 cm³/mol. The molecule has 160 valence electrons. The lowest BCUT2D eigenvalue weighted by Gasteiger charge is -2.33. The third-order valence-electron chi connectivity index (χ3n) is 5.78. The second-order valence-electron chi connectivity index (χ2n) is 8.61. The zero-order valence-electron chi connectivity index (χ0n) is 17.5. The van der Waals surface area contributed by atoms with Gasteiger partial charge in [0.1, 0.15) is 5.69 Å². The Morgan fingerprint density at radius 2 is 2.00 bits per heavy atom. The van der Waals surface area contributed by atoms with Gasteiger partial charge in [-0.1, -0.05) is 37.0 Å². The third kappa shape index (κ3) is 3.83. The van der Waals surface area contributed by atoms with Crippen LogP contribution in [-0.2, 0) is 19.5 Å². The summed E-state index contributed by atoms with van der Waals surface area (Å²) in [6.07, 6.45) is 1.51. The molecule has 0 spiro atoms. The lowest BCUT2D eigenvalue weighted by molar-refractivity contribution is 0.0647. The lowest BCUT2D eigenvalue weighted by atomic mass is 9.98. The Hall–Kier alpha value is -2.05. The molecule has 2 amide bonds. The van der Waals surface area contributed by atoms with E-state index in [2.05, 4.69) is 13.8 Å². The van der Waals surface area contributed by atoms with E-state index < -0.39 is 0 Å². The van der Waals surface area contributed by atoms with Gasteiger partial charge < -0.3 is 9.80 Å². The van der Waals surface area contributed by atoms with Crippen LogP contribution in [0.5, 0.6) is 0 Å². The van der Waals surface area contributed by atoms with E-state index in [0.717, 1.165) is 37.3 Å². The molecule has 1 aromatic carbocycles. The highest BCUT2D eigenvalue weighted by atomic mass is 35.5. The van der Waals surface area contributed by atoms with Crippen LogP contribution >= 0.6 is 23.2 Å². The maximum atomic E-state index is 13.3. The topological polar surface area (TPSA) is 58.4 Å². The number of hydrogen-bond acceptors (Lipinski definition) is 3. The zero-order valence-corrected chi connectivity index (χ0v) is 19.0. The summed E-state index contributed by atoms with van der Waals surface area (Å²) in [5.74, 6) is 0.296. The number of benzene rings is 1. The number of aromatic nitrogens is 2. The van der Waals surface area contributed by atoms with Crippen molar-refractivity contribution in [2.75, 3.05) is 13.1 Å². The van der Waals surface area contributed by atoms with Crippen molar-refractivity contribution in [1.82, 2.24) is 19.6 Å². The third-order valence-corrected chi connectivity index (χ3v) is 6.52. The molecule has 0 bridgehead atoms. The number of amides is 2. The lowest BCUT2D eigenvalue weighted by Crippen LogP contribution is -2.43. The van der Waals surface area contributed by atoms with Crippen molar-refractivity contribution >= 4 is 35.0 Å². The molecule has 0 N–H and O–H groups in total. The van der Waals surface area contributed by atoms with Crippen LogP contribution in [0.3, 0.4) is 0 Å². The molecule has 4 rings (SSSR count). The fraction of sp³-hybridized carbons (Fsp3) is 0.500. The number of carbonyl (C=O) groups excluding carboxylic acids is 2. The van der Waals surface area contributed by atoms with E-state index in [9.17, 15) is 9.59 Å². The van der Waals surface area contributed by atoms with Crippen molar-refractivity contribution in [2.24, 2.45) is 5.92 Å². The molecule has 6 nitrogen and oxygen atoms in total. The summed E-state index contributed by atoms with van der Waals surface area (Å²) in [5.41, 5.74) is 2.94. The van der Waals surface area contributed by atoms with Gasteiger partial charge in [0.25, 0.3) is 11.8 Å². The molecule has 1 aromatic heterocycles. The Balaban J connectivity index is 1.67. The highest BCUT2D eigenvalue weighted by Gasteiger charge is 2.36. The van der Waals surface area contributed by atoms with Crippen molar-refractivity contribution < 1.29 is 9.59 Å². The molecule has 0 saturated carbocycles. The Kier molecular flexibility index (Phi) is 5.82. The maximum absolute atomic E-state index is 13.3. The second kappa shape index (κ2) is 8.23. The number of carbonyl (C=O) groups is 2. The van der Waals surface area contributed by atoms with Crippen LogP contribution in [0.4, 0.5) is 0 Å². The first-order chi connectivity index (χ1) is 14.3. The molecule has 0 fully saturated rings. The van der Waals surface area contributed by atoms with Crippen LogP contribution in [-0.4, -0.2) is 50.5 Å². The molecule has 0 saturated heterocycles. The predicted octanol–water partition coefficient (Wildman–Crippen LogP) is 4.28. The van der Waals surface area contributed by atoms with E-state index in [1.165, 1.54) is 0 Å². The number of aryl methyl sites for hydroxylation is 1. The summed E-state index contributed by atoms with van der Waals surface area (Å²) < 4.78 is 1.85. The molecular weight excluding hydrogens is 423 g/mol. The van der Waals surface area contributed by atoms with Crippen LogP contribution in [0.2, 0.25) is 10.0 Å². The molecule has 30 heavy (non-hydrogen) atoms. The van der Waals surface area contributed by atoms with E-state index in [4.69, 9.17) is 28.3 Å². The normalized spacial score (nSPS) is 19.0. The smallest absolute Gasteiger partial charge is 0.272 e. The first-order valence-electron chi connectivity index (χ1n) is 10.4. The number of rotatable bonds is 3. The van der Waals surface area contributed by atoms with Gasteiger partial charge in [0.2, 0.25) is 0 Å². The molecule has 2 aromatic rings. The summed E-state index contributed by atoms with van der Waals surface area (Å²) in [6, 6.07) is 4.90. The standard InChI is InChI=1S/C22H26Cl2N4O2/c1-13(2)11-26-7-4-8-28-20(22(26)30)16-12-27(14(3)9-19(16)25-28)21(29)15-5-6-17(23)18(24)10-15/h5-6,10,13-14H,4,7-9,11-12H2,1-3H3/t14-/m1/s1. The second-order valence-corrected chi connectivity index (χ2v) is 9.43. The van der Waals surface area contributed by atoms with Crippen molar-refractivity contribution in [2.45, 2.75) is 52.7 Å². The monoisotopic (exact) mass is 448 g/mol. The van der Waals surface area contributed by atoms with Gasteiger partial charge in [-0.15, -0.1) is 0 Å². The molecule has 2 aliphatic rings. The number of hydrogen-bond donors (Lipinski definition) is 0. The number of nitrogens with zero attached hydrogens (tertiary/aromatic N) is 4. The van der Waals surface area contributed by atoms with Gasteiger partial charge in [-0.25, -0.2) is 0 Å². The molecule has 1 atom stereocenters. The highest BCUT2D eigenvalue weighted by molar-refractivity contribution is 6.42. The van der Waals surface area contributed by atoms with Gasteiger partial charge in [0.15, 0.2) is 0 Å². The Morgan fingerprint density at radius 1 is 1.23 bits per heavy atom. The van der Waals surface area contributed by atoms with Gasteiger partial charge in [-0.3, -0.25) is 14.3 Å². The first-order valence-corrected chi connectivity index (χ1v) is 11.2. The van der Waals surface area contributed by atoms with Gasteiger partial charge >= 0.3 is 0 Å². The van der Waals surface area contributed by atoms with Crippen molar-refractivity contribution in [3.05, 3.63) is 50.8 Å². The van der Waals surface area contributed by atoms with Crippen LogP contribution in [0.15, 0.2) is 18.2 Å². The summed E-state index contributed by atoms with van der Waals surface area (Å²) >= 11 is 12.1. The van der Waals surface area contributed by atoms with Crippen molar-refractivity contribution in [3.8, 4) is 0 Å². The van der Waals surface area contributed by atoms with Gasteiger partial charge in [0, 0.05) is 43.2 Å². The summed E-state index contributed by atoms with van der Waals surface area (Å²) in [5, 5.41) is 5.52. The minimum absolute atomic E-state index is 0.0199. The van der Waals surface area contributed by atoms with Crippen LogP contribution in [0.1, 0.15) is 59.3 Å².